The number of rotatable bonds is 3. The molecule has 0 spiro atoms. The van der Waals surface area contributed by atoms with Gasteiger partial charge in [-0.3, -0.25) is 9.59 Å². The van der Waals surface area contributed by atoms with E-state index in [2.05, 4.69) is 5.32 Å². The lowest BCUT2D eigenvalue weighted by atomic mass is 10.00. The molecule has 3 heteroatoms. The summed E-state index contributed by atoms with van der Waals surface area (Å²) in [4.78, 5) is 21.4. The molecule has 0 aromatic rings. The van der Waals surface area contributed by atoms with Gasteiger partial charge in [0.2, 0.25) is 5.91 Å². The molecule has 0 aromatic heterocycles. The summed E-state index contributed by atoms with van der Waals surface area (Å²) in [6, 6.07) is -0.0648. The molecular weight excluding hydrogens is 142 g/mol. The van der Waals surface area contributed by atoms with Gasteiger partial charge < -0.3 is 5.32 Å². The lowest BCUT2D eigenvalue weighted by Gasteiger charge is -2.17. The van der Waals surface area contributed by atoms with Crippen LogP contribution in [0.2, 0.25) is 0 Å². The number of Topliss-reactive ketones (excluding diaryl/α,β-unsaturated/α-hetero) is 1. The van der Waals surface area contributed by atoms with Crippen LogP contribution < -0.4 is 5.32 Å². The fourth-order valence-electron chi connectivity index (χ4n) is 0.798. The van der Waals surface area contributed by atoms with Gasteiger partial charge in [0.1, 0.15) is 5.78 Å². The Kier molecular flexibility index (Phi) is 3.79. The van der Waals surface area contributed by atoms with Crippen molar-refractivity contribution in [2.45, 2.75) is 33.7 Å². The van der Waals surface area contributed by atoms with Crippen molar-refractivity contribution in [1.82, 2.24) is 5.32 Å². The van der Waals surface area contributed by atoms with Crippen molar-refractivity contribution in [1.29, 1.82) is 0 Å². The van der Waals surface area contributed by atoms with Gasteiger partial charge in [-0.05, 0) is 13.8 Å². The Hall–Kier alpha value is -0.860. The lowest BCUT2D eigenvalue weighted by Crippen LogP contribution is -2.38. The van der Waals surface area contributed by atoms with Crippen LogP contribution in [-0.4, -0.2) is 17.7 Å². The highest BCUT2D eigenvalue weighted by atomic mass is 16.1. The Bertz CT molecular complexity index is 165. The first-order valence-corrected chi connectivity index (χ1v) is 3.72. The number of hydrogen-bond acceptors (Lipinski definition) is 2. The number of nitrogens with one attached hydrogen (secondary N) is 1. The predicted octanol–water partition coefficient (Wildman–Crippen LogP) is 0.736. The van der Waals surface area contributed by atoms with Crippen molar-refractivity contribution < 1.29 is 9.59 Å². The molecular formula is C8H15NO2. The largest absolute Gasteiger partial charge is 0.353 e. The summed E-state index contributed by atoms with van der Waals surface area (Å²) >= 11 is 0. The van der Waals surface area contributed by atoms with Crippen molar-refractivity contribution in [3.63, 3.8) is 0 Å². The highest BCUT2D eigenvalue weighted by Gasteiger charge is 2.16. The SMILES string of the molecule is CC(=O)NC(C)C(C)C(C)=O. The summed E-state index contributed by atoms with van der Waals surface area (Å²) in [6.45, 7) is 6.61. The Balaban J connectivity index is 3.92. The van der Waals surface area contributed by atoms with E-state index in [9.17, 15) is 9.59 Å². The quantitative estimate of drug-likeness (QED) is 0.656. The van der Waals surface area contributed by atoms with E-state index in [1.165, 1.54) is 13.8 Å². The second-order valence-corrected chi connectivity index (χ2v) is 2.89. The molecule has 2 atom stereocenters. The van der Waals surface area contributed by atoms with E-state index in [0.717, 1.165) is 0 Å². The van der Waals surface area contributed by atoms with Gasteiger partial charge in [0, 0.05) is 18.9 Å². The number of amides is 1. The van der Waals surface area contributed by atoms with Crippen LogP contribution in [0.1, 0.15) is 27.7 Å². The van der Waals surface area contributed by atoms with E-state index < -0.39 is 0 Å². The van der Waals surface area contributed by atoms with E-state index in [1.54, 1.807) is 0 Å². The normalized spacial score (nSPS) is 15.3. The van der Waals surface area contributed by atoms with Gasteiger partial charge in [-0.15, -0.1) is 0 Å². The van der Waals surface area contributed by atoms with Crippen molar-refractivity contribution in [3.8, 4) is 0 Å². The van der Waals surface area contributed by atoms with Gasteiger partial charge in [-0.2, -0.15) is 0 Å². The average molecular weight is 157 g/mol. The van der Waals surface area contributed by atoms with Crippen LogP contribution in [0, 0.1) is 5.92 Å². The first kappa shape index (κ1) is 10.1. The highest BCUT2D eigenvalue weighted by Crippen LogP contribution is 2.02. The molecule has 11 heavy (non-hydrogen) atoms. The third-order valence-corrected chi connectivity index (χ3v) is 1.82. The molecule has 1 N–H and O–H groups in total. The fraction of sp³-hybridized carbons (Fsp3) is 0.750. The monoisotopic (exact) mass is 157 g/mol. The van der Waals surface area contributed by atoms with E-state index in [4.69, 9.17) is 0 Å². The summed E-state index contributed by atoms with van der Waals surface area (Å²) in [7, 11) is 0. The molecule has 0 fully saturated rings. The zero-order valence-corrected chi connectivity index (χ0v) is 7.47. The van der Waals surface area contributed by atoms with Crippen molar-refractivity contribution >= 4 is 11.7 Å². The molecule has 0 aliphatic carbocycles. The van der Waals surface area contributed by atoms with Crippen LogP contribution in [0.4, 0.5) is 0 Å². The lowest BCUT2D eigenvalue weighted by molar-refractivity contribution is -0.122. The topological polar surface area (TPSA) is 46.2 Å². The van der Waals surface area contributed by atoms with E-state index in [1.807, 2.05) is 13.8 Å². The fourth-order valence-corrected chi connectivity index (χ4v) is 0.798. The number of carbonyl (C=O) groups excluding carboxylic acids is 2. The average Bonchev–Trinajstić information content (AvgIpc) is 1.84. The second-order valence-electron chi connectivity index (χ2n) is 2.89. The molecule has 0 radical (unpaired) electrons. The molecule has 0 heterocycles. The van der Waals surface area contributed by atoms with Gasteiger partial charge in [0.05, 0.1) is 0 Å². The van der Waals surface area contributed by atoms with E-state index in [0.29, 0.717) is 0 Å². The van der Waals surface area contributed by atoms with Crippen molar-refractivity contribution in [2.75, 3.05) is 0 Å². The number of carbonyl (C=O) groups is 2. The van der Waals surface area contributed by atoms with Crippen LogP contribution in [-0.2, 0) is 9.59 Å². The second kappa shape index (κ2) is 4.11. The van der Waals surface area contributed by atoms with Crippen LogP contribution in [0.25, 0.3) is 0 Å². The molecule has 0 saturated carbocycles. The smallest absolute Gasteiger partial charge is 0.217 e. The molecule has 2 unspecified atom stereocenters. The molecule has 0 saturated heterocycles. The van der Waals surface area contributed by atoms with Gasteiger partial charge >= 0.3 is 0 Å². The maximum Gasteiger partial charge on any atom is 0.217 e. The van der Waals surface area contributed by atoms with Gasteiger partial charge in [-0.1, -0.05) is 6.92 Å². The van der Waals surface area contributed by atoms with Crippen LogP contribution in [0.15, 0.2) is 0 Å². The maximum absolute atomic E-state index is 10.8. The molecule has 0 aromatic carbocycles. The summed E-state index contributed by atoms with van der Waals surface area (Å²) < 4.78 is 0. The summed E-state index contributed by atoms with van der Waals surface area (Å²) in [5, 5.41) is 2.66. The van der Waals surface area contributed by atoms with E-state index >= 15 is 0 Å². The third kappa shape index (κ3) is 3.75. The van der Waals surface area contributed by atoms with Crippen molar-refractivity contribution in [2.24, 2.45) is 5.92 Å². The summed E-state index contributed by atoms with van der Waals surface area (Å²) in [5.41, 5.74) is 0. The van der Waals surface area contributed by atoms with Crippen LogP contribution >= 0.6 is 0 Å². The van der Waals surface area contributed by atoms with E-state index in [-0.39, 0.29) is 23.7 Å². The first-order valence-electron chi connectivity index (χ1n) is 3.72. The first-order chi connectivity index (χ1) is 4.95. The molecule has 64 valence electrons. The Morgan fingerprint density at radius 2 is 1.64 bits per heavy atom. The van der Waals surface area contributed by atoms with Gasteiger partial charge in [-0.25, -0.2) is 0 Å². The Labute approximate surface area is 67.2 Å². The highest BCUT2D eigenvalue weighted by molar-refractivity contribution is 5.80. The Morgan fingerprint density at radius 3 is 1.91 bits per heavy atom. The molecule has 0 aliphatic rings. The number of hydrogen-bond donors (Lipinski definition) is 1. The molecule has 0 bridgehead atoms. The van der Waals surface area contributed by atoms with Crippen molar-refractivity contribution in [3.05, 3.63) is 0 Å². The Morgan fingerprint density at radius 1 is 1.18 bits per heavy atom. The van der Waals surface area contributed by atoms with Gasteiger partial charge in [0.15, 0.2) is 0 Å². The summed E-state index contributed by atoms with van der Waals surface area (Å²) in [6.07, 6.45) is 0. The van der Waals surface area contributed by atoms with Crippen LogP contribution in [0.5, 0.6) is 0 Å². The zero-order valence-electron chi connectivity index (χ0n) is 7.47. The maximum atomic E-state index is 10.8. The third-order valence-electron chi connectivity index (χ3n) is 1.82. The summed E-state index contributed by atoms with van der Waals surface area (Å²) in [5.74, 6) is -0.0873. The predicted molar refractivity (Wildman–Crippen MR) is 43.1 cm³/mol. The zero-order chi connectivity index (χ0) is 9.02. The minimum atomic E-state index is -0.0982. The number of ketones is 1. The van der Waals surface area contributed by atoms with Crippen LogP contribution in [0.3, 0.4) is 0 Å². The molecule has 0 aliphatic heterocycles. The standard InChI is InChI=1S/C8H15NO2/c1-5(7(3)10)6(2)9-8(4)11/h5-6H,1-4H3,(H,9,11). The molecule has 3 nitrogen and oxygen atoms in total. The minimum absolute atomic E-state index is 0.0648. The minimum Gasteiger partial charge on any atom is -0.353 e. The molecule has 0 rings (SSSR count). The van der Waals surface area contributed by atoms with Gasteiger partial charge in [0.25, 0.3) is 0 Å². The molecule has 1 amide bonds.